The quantitative estimate of drug-likeness (QED) is 0.624. The van der Waals surface area contributed by atoms with Gasteiger partial charge >= 0.3 is 155 Å². The first-order chi connectivity index (χ1) is 10.6. The Hall–Kier alpha value is -0.956. The fourth-order valence-electron chi connectivity index (χ4n) is 2.53. The summed E-state index contributed by atoms with van der Waals surface area (Å²) in [4.78, 5) is 12.0. The van der Waals surface area contributed by atoms with Crippen LogP contribution in [0.1, 0.15) is 70.0 Å². The van der Waals surface area contributed by atoms with E-state index in [1.807, 2.05) is 62.0 Å². The maximum absolute atomic E-state index is 12.0. The maximum atomic E-state index is 12.0. The smallest absolute Gasteiger partial charge is 0.412 e. The third-order valence-electron chi connectivity index (χ3n) is 3.54. The van der Waals surface area contributed by atoms with Crippen LogP contribution in [0.15, 0.2) is 6.07 Å². The molecule has 0 aliphatic rings. The van der Waals surface area contributed by atoms with Gasteiger partial charge in [-0.1, -0.05) is 0 Å². The molecule has 0 radical (unpaired) electrons. The molecule has 1 aromatic carbocycles. The first-order valence-electron chi connectivity index (χ1n) is 7.81. The largest absolute Gasteiger partial charge is 0.412 e. The van der Waals surface area contributed by atoms with Crippen molar-refractivity contribution in [1.29, 1.82) is 0 Å². The summed E-state index contributed by atoms with van der Waals surface area (Å²) in [6.07, 6.45) is 0. The number of carbonyl (C=O) groups is 1. The van der Waals surface area contributed by atoms with Crippen LogP contribution in [0, 0.1) is 0 Å². The van der Waals surface area contributed by atoms with E-state index in [0.29, 0.717) is 0 Å². The predicted molar refractivity (Wildman–Crippen MR) is 96.0 cm³/mol. The second kappa shape index (κ2) is 8.82. The van der Waals surface area contributed by atoms with Gasteiger partial charge in [0.05, 0.1) is 0 Å². The molecule has 7 N–H and O–H groups in total. The number of ether oxygens (including phenoxy) is 1. The van der Waals surface area contributed by atoms with Crippen LogP contribution in [0.3, 0.4) is 0 Å². The van der Waals surface area contributed by atoms with Gasteiger partial charge in [-0.3, -0.25) is 0 Å². The van der Waals surface area contributed by atoms with Crippen molar-refractivity contribution in [2.24, 2.45) is 0 Å². The number of aromatic carboxylic acids is 1. The minimum atomic E-state index is -1.68. The Morgan fingerprint density at radius 1 is 1.12 bits per heavy atom. The molecule has 0 bridgehead atoms. The number of carboxylic acid groups (broad SMARTS) is 1. The van der Waals surface area contributed by atoms with Crippen LogP contribution in [-0.2, 0) is 31.5 Å². The molecule has 0 spiro atoms. The zero-order valence-corrected chi connectivity index (χ0v) is 18.0. The molecule has 1 unspecified atom stereocenters. The van der Waals surface area contributed by atoms with E-state index in [0.717, 1.165) is 9.43 Å². The summed E-state index contributed by atoms with van der Waals surface area (Å²) in [5, 5.41) is 29.8. The van der Waals surface area contributed by atoms with E-state index in [1.165, 1.54) is 6.92 Å². The van der Waals surface area contributed by atoms with Crippen molar-refractivity contribution in [3.8, 4) is 5.75 Å². The zero-order valence-electron chi connectivity index (χ0n) is 16.4. The third-order valence-corrected chi connectivity index (χ3v) is 4.16. The average Bonchev–Trinajstić information content (AvgIpc) is 2.33. The van der Waals surface area contributed by atoms with Gasteiger partial charge in [0.2, 0.25) is 0 Å². The monoisotopic (exact) mass is 407 g/mol. The molecule has 1 atom stereocenters. The standard InChI is InChI=1S/C18H27O5.2H2O.Ti/c1-16(2,3)12-9-8-11(18(7,22)10-19)13(15(20)21)14(12)23-17(4,5)6;;;/h8,19,22H,10H2,1-7H3,(H,20,21);2*1H2;. The van der Waals surface area contributed by atoms with Crippen molar-refractivity contribution >= 4 is 9.84 Å². The van der Waals surface area contributed by atoms with Crippen LogP contribution in [0.5, 0.6) is 5.75 Å². The van der Waals surface area contributed by atoms with Crippen molar-refractivity contribution in [2.75, 3.05) is 6.61 Å². The molecule has 7 nitrogen and oxygen atoms in total. The molecule has 0 aliphatic heterocycles. The van der Waals surface area contributed by atoms with Gasteiger partial charge in [-0.05, 0) is 0 Å². The molecule has 0 saturated heterocycles. The SMILES string of the molecule is CC(C)(C)Oc1c(C(=O)O)c(C(C)(O)CO)c[c]([Ti])c1C(C)(C)C.O.O. The van der Waals surface area contributed by atoms with Crippen molar-refractivity contribution in [3.05, 3.63) is 22.8 Å². The third kappa shape index (κ3) is 6.04. The minimum absolute atomic E-state index is 0. The number of carboxylic acids is 1. The summed E-state index contributed by atoms with van der Waals surface area (Å²) in [5.41, 5.74) is -1.79. The van der Waals surface area contributed by atoms with Gasteiger partial charge < -0.3 is 11.0 Å². The summed E-state index contributed by atoms with van der Waals surface area (Å²) in [6, 6.07) is 1.63. The van der Waals surface area contributed by atoms with Crippen molar-refractivity contribution in [3.63, 3.8) is 0 Å². The van der Waals surface area contributed by atoms with E-state index in [2.05, 4.69) is 0 Å². The summed E-state index contributed by atoms with van der Waals surface area (Å²) >= 11 is 1.86. The Balaban J connectivity index is 0. The molecule has 26 heavy (non-hydrogen) atoms. The molecule has 0 aliphatic carbocycles. The van der Waals surface area contributed by atoms with Crippen LogP contribution in [0.4, 0.5) is 0 Å². The number of benzene rings is 1. The number of aliphatic hydroxyl groups is 2. The molecule has 0 fully saturated rings. The van der Waals surface area contributed by atoms with Gasteiger partial charge in [0.25, 0.3) is 0 Å². The predicted octanol–water partition coefficient (Wildman–Crippen LogP) is 0.582. The molecular formula is C18H31O7Ti. The zero-order chi connectivity index (χ0) is 19.1. The topological polar surface area (TPSA) is 150 Å². The van der Waals surface area contributed by atoms with E-state index in [4.69, 9.17) is 4.74 Å². The number of rotatable bonds is 4. The Kier molecular flexibility index (Phi) is 9.25. The molecule has 8 heteroatoms. The van der Waals surface area contributed by atoms with Crippen LogP contribution in [0.25, 0.3) is 0 Å². The van der Waals surface area contributed by atoms with Gasteiger partial charge in [0.15, 0.2) is 0 Å². The Morgan fingerprint density at radius 2 is 1.58 bits per heavy atom. The first kappa shape index (κ1) is 27.3. The Morgan fingerprint density at radius 3 is 1.88 bits per heavy atom. The van der Waals surface area contributed by atoms with Crippen molar-refractivity contribution in [1.82, 2.24) is 0 Å². The van der Waals surface area contributed by atoms with E-state index in [9.17, 15) is 20.1 Å². The van der Waals surface area contributed by atoms with E-state index in [-0.39, 0.29) is 33.2 Å². The molecule has 0 saturated carbocycles. The summed E-state index contributed by atoms with van der Waals surface area (Å²) in [5.74, 6) is -0.935. The summed E-state index contributed by atoms with van der Waals surface area (Å²) < 4.78 is 6.85. The Bertz CT molecular complexity index is 640. The second-order valence-corrected chi connectivity index (χ2v) is 9.09. The molecule has 1 aromatic rings. The fraction of sp³-hybridized carbons (Fsp3) is 0.611. The van der Waals surface area contributed by atoms with E-state index in [1.54, 1.807) is 6.07 Å². The minimum Gasteiger partial charge on any atom is -0.412 e. The van der Waals surface area contributed by atoms with Crippen molar-refractivity contribution < 1.29 is 56.2 Å². The molecule has 0 amide bonds. The number of hydrogen-bond donors (Lipinski definition) is 3. The second-order valence-electron chi connectivity index (χ2n) is 8.25. The molecule has 1 rings (SSSR count). The van der Waals surface area contributed by atoms with Crippen molar-refractivity contribution in [2.45, 2.75) is 65.1 Å². The fourth-order valence-corrected chi connectivity index (χ4v) is 3.52. The van der Waals surface area contributed by atoms with Gasteiger partial charge in [0, 0.05) is 0 Å². The average molecular weight is 407 g/mol. The Labute approximate surface area is 166 Å². The maximum Gasteiger partial charge on any atom is -0.412 e. The van der Waals surface area contributed by atoms with Gasteiger partial charge in [0.1, 0.15) is 0 Å². The van der Waals surface area contributed by atoms with Crippen LogP contribution in [-0.4, -0.2) is 44.4 Å². The molecule has 0 heterocycles. The summed E-state index contributed by atoms with van der Waals surface area (Å²) in [6.45, 7) is 12.3. The van der Waals surface area contributed by atoms with E-state index < -0.39 is 23.8 Å². The van der Waals surface area contributed by atoms with Crippen LogP contribution < -0.4 is 8.61 Å². The number of aliphatic hydroxyl groups excluding tert-OH is 1. The van der Waals surface area contributed by atoms with Gasteiger partial charge in [-0.2, -0.15) is 0 Å². The van der Waals surface area contributed by atoms with Gasteiger partial charge in [-0.25, -0.2) is 0 Å². The molecule has 149 valence electrons. The summed E-state index contributed by atoms with van der Waals surface area (Å²) in [7, 11) is 0. The number of hydrogen-bond acceptors (Lipinski definition) is 4. The van der Waals surface area contributed by atoms with Gasteiger partial charge in [-0.15, -0.1) is 0 Å². The molecule has 0 aromatic heterocycles. The van der Waals surface area contributed by atoms with Crippen LogP contribution in [0.2, 0.25) is 0 Å². The van der Waals surface area contributed by atoms with E-state index >= 15 is 0 Å². The normalized spacial score (nSPS) is 13.8. The molecular weight excluding hydrogens is 376 g/mol. The van der Waals surface area contributed by atoms with Crippen LogP contribution >= 0.6 is 0 Å². The first-order valence-corrected chi connectivity index (χ1v) is 8.59.